The minimum absolute atomic E-state index is 0.822. The highest BCUT2D eigenvalue weighted by atomic mass is 15.1. The minimum Gasteiger partial charge on any atom is -0.398 e. The Balaban J connectivity index is 2.19. The number of unbranched alkanes of at least 4 members (excludes halogenated alkanes) is 1. The second-order valence-corrected chi connectivity index (χ2v) is 6.00. The zero-order valence-corrected chi connectivity index (χ0v) is 13.6. The van der Waals surface area contributed by atoms with Crippen molar-refractivity contribution in [1.29, 1.82) is 0 Å². The zero-order valence-electron chi connectivity index (χ0n) is 13.6. The average molecular weight is 293 g/mol. The second kappa shape index (κ2) is 5.84. The first kappa shape index (κ1) is 14.6. The van der Waals surface area contributed by atoms with E-state index in [9.17, 15) is 0 Å². The van der Waals surface area contributed by atoms with Crippen LogP contribution in [0.3, 0.4) is 0 Å². The molecule has 3 heteroatoms. The molecule has 1 heterocycles. The van der Waals surface area contributed by atoms with Crippen LogP contribution < -0.4 is 5.73 Å². The maximum atomic E-state index is 6.09. The maximum absolute atomic E-state index is 6.09. The van der Waals surface area contributed by atoms with Gasteiger partial charge in [0, 0.05) is 17.8 Å². The number of nitrogens with two attached hydrogens (primary N) is 1. The SMILES string of the molecule is CCCCn1c(-c2ccc(C)c(N)c2)nc2cc(C)ccc21. The molecule has 114 valence electrons. The Morgan fingerprint density at radius 3 is 2.64 bits per heavy atom. The van der Waals surface area contributed by atoms with E-state index in [1.54, 1.807) is 0 Å². The van der Waals surface area contributed by atoms with E-state index < -0.39 is 0 Å². The maximum Gasteiger partial charge on any atom is 0.141 e. The molecule has 0 aliphatic carbocycles. The summed E-state index contributed by atoms with van der Waals surface area (Å²) in [7, 11) is 0. The zero-order chi connectivity index (χ0) is 15.7. The first-order valence-electron chi connectivity index (χ1n) is 7.93. The third kappa shape index (κ3) is 2.59. The molecule has 0 spiro atoms. The standard InChI is InChI=1S/C19H23N3/c1-4-5-10-22-18-9-6-13(2)11-17(18)21-19(22)15-8-7-14(3)16(20)12-15/h6-9,11-12H,4-5,10,20H2,1-3H3. The predicted molar refractivity (Wildman–Crippen MR) is 94.0 cm³/mol. The summed E-state index contributed by atoms with van der Waals surface area (Å²) in [5, 5.41) is 0. The fourth-order valence-corrected chi connectivity index (χ4v) is 2.78. The molecule has 1 aromatic heterocycles. The summed E-state index contributed by atoms with van der Waals surface area (Å²) in [5.41, 5.74) is 12.6. The van der Waals surface area contributed by atoms with Crippen molar-refractivity contribution in [2.24, 2.45) is 0 Å². The van der Waals surface area contributed by atoms with Gasteiger partial charge in [0.1, 0.15) is 5.82 Å². The molecular weight excluding hydrogens is 270 g/mol. The highest BCUT2D eigenvalue weighted by molar-refractivity contribution is 5.82. The lowest BCUT2D eigenvalue weighted by Gasteiger charge is -2.10. The number of aromatic nitrogens is 2. The lowest BCUT2D eigenvalue weighted by atomic mass is 10.1. The van der Waals surface area contributed by atoms with Crippen LogP contribution in [0.5, 0.6) is 0 Å². The third-order valence-electron chi connectivity index (χ3n) is 4.18. The van der Waals surface area contributed by atoms with Crippen LogP contribution in [0, 0.1) is 13.8 Å². The van der Waals surface area contributed by atoms with Gasteiger partial charge in [-0.3, -0.25) is 0 Å². The molecule has 22 heavy (non-hydrogen) atoms. The number of hydrogen-bond donors (Lipinski definition) is 1. The molecule has 0 fully saturated rings. The van der Waals surface area contributed by atoms with E-state index in [-0.39, 0.29) is 0 Å². The van der Waals surface area contributed by atoms with Crippen LogP contribution in [0.4, 0.5) is 5.69 Å². The molecule has 3 rings (SSSR count). The Morgan fingerprint density at radius 1 is 1.09 bits per heavy atom. The van der Waals surface area contributed by atoms with Crippen LogP contribution >= 0.6 is 0 Å². The van der Waals surface area contributed by atoms with Crippen molar-refractivity contribution in [2.45, 2.75) is 40.2 Å². The van der Waals surface area contributed by atoms with Crippen LogP contribution in [-0.2, 0) is 6.54 Å². The van der Waals surface area contributed by atoms with Gasteiger partial charge in [-0.15, -0.1) is 0 Å². The predicted octanol–water partition coefficient (Wildman–Crippen LogP) is 4.70. The smallest absolute Gasteiger partial charge is 0.141 e. The van der Waals surface area contributed by atoms with E-state index in [1.807, 2.05) is 13.0 Å². The van der Waals surface area contributed by atoms with E-state index in [0.717, 1.165) is 41.1 Å². The van der Waals surface area contributed by atoms with Crippen LogP contribution in [0.15, 0.2) is 36.4 Å². The van der Waals surface area contributed by atoms with Crippen molar-refractivity contribution in [3.05, 3.63) is 47.5 Å². The Kier molecular flexibility index (Phi) is 3.88. The highest BCUT2D eigenvalue weighted by Crippen LogP contribution is 2.28. The number of rotatable bonds is 4. The highest BCUT2D eigenvalue weighted by Gasteiger charge is 2.13. The number of imidazole rings is 1. The van der Waals surface area contributed by atoms with Gasteiger partial charge in [-0.25, -0.2) is 4.98 Å². The van der Waals surface area contributed by atoms with Gasteiger partial charge in [0.05, 0.1) is 11.0 Å². The Morgan fingerprint density at radius 2 is 1.91 bits per heavy atom. The van der Waals surface area contributed by atoms with E-state index in [0.29, 0.717) is 0 Å². The quantitative estimate of drug-likeness (QED) is 0.708. The summed E-state index contributed by atoms with van der Waals surface area (Å²) < 4.78 is 2.32. The lowest BCUT2D eigenvalue weighted by Crippen LogP contribution is -2.01. The molecule has 0 amide bonds. The Labute approximate surface area is 131 Å². The van der Waals surface area contributed by atoms with Crippen LogP contribution in [-0.4, -0.2) is 9.55 Å². The number of nitrogen functional groups attached to an aromatic ring is 1. The lowest BCUT2D eigenvalue weighted by molar-refractivity contribution is 0.651. The van der Waals surface area contributed by atoms with Gasteiger partial charge in [-0.1, -0.05) is 31.5 Å². The van der Waals surface area contributed by atoms with Crippen molar-refractivity contribution in [3.8, 4) is 11.4 Å². The molecule has 0 unspecified atom stereocenters. The van der Waals surface area contributed by atoms with Gasteiger partial charge in [-0.05, 0) is 49.6 Å². The molecule has 0 atom stereocenters. The summed E-state index contributed by atoms with van der Waals surface area (Å²) >= 11 is 0. The van der Waals surface area contributed by atoms with Crippen molar-refractivity contribution < 1.29 is 0 Å². The number of benzene rings is 2. The molecule has 3 nitrogen and oxygen atoms in total. The van der Waals surface area contributed by atoms with Crippen LogP contribution in [0.1, 0.15) is 30.9 Å². The number of anilines is 1. The fourth-order valence-electron chi connectivity index (χ4n) is 2.78. The van der Waals surface area contributed by atoms with Gasteiger partial charge in [0.25, 0.3) is 0 Å². The number of hydrogen-bond acceptors (Lipinski definition) is 2. The topological polar surface area (TPSA) is 43.8 Å². The number of fused-ring (bicyclic) bond motifs is 1. The van der Waals surface area contributed by atoms with E-state index >= 15 is 0 Å². The van der Waals surface area contributed by atoms with E-state index in [4.69, 9.17) is 10.7 Å². The second-order valence-electron chi connectivity index (χ2n) is 6.00. The third-order valence-corrected chi connectivity index (χ3v) is 4.18. The summed E-state index contributed by atoms with van der Waals surface area (Å²) in [6, 6.07) is 12.7. The molecule has 3 aromatic rings. The van der Waals surface area contributed by atoms with Gasteiger partial charge in [-0.2, -0.15) is 0 Å². The molecule has 2 N–H and O–H groups in total. The van der Waals surface area contributed by atoms with E-state index in [1.165, 1.54) is 17.5 Å². The monoisotopic (exact) mass is 293 g/mol. The summed E-state index contributed by atoms with van der Waals surface area (Å²) in [6.07, 6.45) is 2.31. The fraction of sp³-hybridized carbons (Fsp3) is 0.316. The van der Waals surface area contributed by atoms with E-state index in [2.05, 4.69) is 48.7 Å². The first-order chi connectivity index (χ1) is 10.6. The van der Waals surface area contributed by atoms with Crippen molar-refractivity contribution >= 4 is 16.7 Å². The molecule has 0 radical (unpaired) electrons. The molecule has 0 saturated heterocycles. The Hall–Kier alpha value is -2.29. The largest absolute Gasteiger partial charge is 0.398 e. The van der Waals surface area contributed by atoms with Crippen LogP contribution in [0.2, 0.25) is 0 Å². The summed E-state index contributed by atoms with van der Waals surface area (Å²) in [4.78, 5) is 4.87. The molecule has 0 aliphatic heterocycles. The summed E-state index contributed by atoms with van der Waals surface area (Å²) in [5.74, 6) is 1.01. The van der Waals surface area contributed by atoms with Gasteiger partial charge < -0.3 is 10.3 Å². The molecule has 0 bridgehead atoms. The van der Waals surface area contributed by atoms with Gasteiger partial charge in [0.15, 0.2) is 0 Å². The molecule has 2 aromatic carbocycles. The molecule has 0 aliphatic rings. The number of aryl methyl sites for hydroxylation is 3. The Bertz CT molecular complexity index is 815. The van der Waals surface area contributed by atoms with Gasteiger partial charge >= 0.3 is 0 Å². The normalized spacial score (nSPS) is 11.2. The minimum atomic E-state index is 0.822. The average Bonchev–Trinajstić information content (AvgIpc) is 2.85. The van der Waals surface area contributed by atoms with Gasteiger partial charge in [0.2, 0.25) is 0 Å². The van der Waals surface area contributed by atoms with Crippen LogP contribution in [0.25, 0.3) is 22.4 Å². The summed E-state index contributed by atoms with van der Waals surface area (Å²) in [6.45, 7) is 7.34. The van der Waals surface area contributed by atoms with Crippen molar-refractivity contribution in [3.63, 3.8) is 0 Å². The number of nitrogens with zero attached hydrogens (tertiary/aromatic N) is 2. The first-order valence-corrected chi connectivity index (χ1v) is 7.93. The molecular formula is C19H23N3. The van der Waals surface area contributed by atoms with Crippen molar-refractivity contribution in [2.75, 3.05) is 5.73 Å². The molecule has 0 saturated carbocycles. The van der Waals surface area contributed by atoms with Crippen molar-refractivity contribution in [1.82, 2.24) is 9.55 Å².